The van der Waals surface area contributed by atoms with Crippen molar-refractivity contribution in [3.8, 4) is 17.2 Å². The smallest absolute Gasteiger partial charge is 0.231 e. The number of ether oxygens (including phenoxy) is 2. The number of rotatable bonds is 2. The molecule has 1 aliphatic heterocycles. The highest BCUT2D eigenvalue weighted by Gasteiger charge is 2.14. The monoisotopic (exact) mass is 220 g/mol. The minimum atomic E-state index is -0.232. The van der Waals surface area contributed by atoms with Gasteiger partial charge in [0.25, 0.3) is 0 Å². The van der Waals surface area contributed by atoms with Crippen LogP contribution < -0.4 is 9.47 Å². The first-order valence-electron chi connectivity index (χ1n) is 4.66. The lowest BCUT2D eigenvalue weighted by Gasteiger charge is -1.99. The van der Waals surface area contributed by atoms with Crippen molar-refractivity contribution < 1.29 is 14.6 Å². The van der Waals surface area contributed by atoms with Crippen molar-refractivity contribution in [2.24, 2.45) is 0 Å². The predicted molar refractivity (Wildman–Crippen MR) is 51.2 cm³/mol. The molecule has 1 aliphatic rings. The third-order valence-corrected chi connectivity index (χ3v) is 2.18. The van der Waals surface area contributed by atoms with Crippen LogP contribution in [-0.2, 0) is 6.61 Å². The Morgan fingerprint density at radius 3 is 3.00 bits per heavy atom. The van der Waals surface area contributed by atoms with Crippen LogP contribution >= 0.6 is 0 Å². The van der Waals surface area contributed by atoms with Crippen LogP contribution in [0.5, 0.6) is 11.5 Å². The molecule has 0 saturated carbocycles. The van der Waals surface area contributed by atoms with Crippen molar-refractivity contribution in [2.45, 2.75) is 6.61 Å². The van der Waals surface area contributed by atoms with Gasteiger partial charge in [-0.2, -0.15) is 0 Å². The Morgan fingerprint density at radius 2 is 2.19 bits per heavy atom. The summed E-state index contributed by atoms with van der Waals surface area (Å²) < 4.78 is 10.4. The average molecular weight is 220 g/mol. The lowest BCUT2D eigenvalue weighted by atomic mass is 10.3. The van der Waals surface area contributed by atoms with E-state index >= 15 is 0 Å². The molecule has 0 saturated heterocycles. The van der Waals surface area contributed by atoms with Gasteiger partial charge in [-0.05, 0) is 17.3 Å². The zero-order valence-electron chi connectivity index (χ0n) is 8.20. The summed E-state index contributed by atoms with van der Waals surface area (Å²) in [6.07, 6.45) is 0. The van der Waals surface area contributed by atoms with Crippen LogP contribution in [0.1, 0.15) is 5.82 Å². The first-order chi connectivity index (χ1) is 7.86. The summed E-state index contributed by atoms with van der Waals surface area (Å²) in [6, 6.07) is 5.32. The molecule has 16 heavy (non-hydrogen) atoms. The second-order valence-corrected chi connectivity index (χ2v) is 3.19. The molecule has 1 aromatic heterocycles. The number of tetrazole rings is 1. The number of aliphatic hydroxyl groups excluding tert-OH is 1. The first-order valence-corrected chi connectivity index (χ1v) is 4.66. The van der Waals surface area contributed by atoms with Gasteiger partial charge in [-0.1, -0.05) is 0 Å². The molecule has 2 aromatic rings. The summed E-state index contributed by atoms with van der Waals surface area (Å²) in [5.41, 5.74) is 0.705. The number of benzene rings is 1. The number of aliphatic hydroxyl groups is 1. The van der Waals surface area contributed by atoms with E-state index in [0.29, 0.717) is 17.2 Å². The second kappa shape index (κ2) is 3.46. The summed E-state index contributed by atoms with van der Waals surface area (Å²) in [5, 5.41) is 20.3. The van der Waals surface area contributed by atoms with Crippen LogP contribution in [0.2, 0.25) is 0 Å². The van der Waals surface area contributed by atoms with Gasteiger partial charge in [0.1, 0.15) is 6.61 Å². The maximum absolute atomic E-state index is 8.83. The molecule has 0 spiro atoms. The van der Waals surface area contributed by atoms with E-state index in [0.717, 1.165) is 0 Å². The lowest BCUT2D eigenvalue weighted by Crippen LogP contribution is -1.99. The van der Waals surface area contributed by atoms with Crippen LogP contribution in [0, 0.1) is 0 Å². The van der Waals surface area contributed by atoms with E-state index in [9.17, 15) is 0 Å². The van der Waals surface area contributed by atoms with Gasteiger partial charge in [0.2, 0.25) is 12.6 Å². The quantitative estimate of drug-likeness (QED) is 0.760. The molecule has 7 nitrogen and oxygen atoms in total. The molecule has 7 heteroatoms. The predicted octanol–water partition coefficient (Wildman–Crippen LogP) is -0.117. The standard InChI is InChI=1S/C9H8N4O3/c14-4-9-10-12-13(11-9)6-1-2-7-8(3-6)16-5-15-7/h1-3,14H,4-5H2. The molecule has 1 N–H and O–H groups in total. The van der Waals surface area contributed by atoms with E-state index in [2.05, 4.69) is 15.4 Å². The normalized spacial score (nSPS) is 13.1. The Bertz CT molecular complexity index is 525. The van der Waals surface area contributed by atoms with Crippen LogP contribution in [0.25, 0.3) is 5.69 Å². The molecule has 0 aliphatic carbocycles. The Hall–Kier alpha value is -2.15. The molecule has 0 bridgehead atoms. The molecule has 0 atom stereocenters. The molecular formula is C9H8N4O3. The highest BCUT2D eigenvalue weighted by atomic mass is 16.7. The van der Waals surface area contributed by atoms with Crippen molar-refractivity contribution in [1.29, 1.82) is 0 Å². The van der Waals surface area contributed by atoms with Gasteiger partial charge in [0.05, 0.1) is 5.69 Å². The third-order valence-electron chi connectivity index (χ3n) is 2.18. The Morgan fingerprint density at radius 1 is 1.31 bits per heavy atom. The summed E-state index contributed by atoms with van der Waals surface area (Å²) in [5.74, 6) is 1.63. The molecule has 0 unspecified atom stereocenters. The van der Waals surface area contributed by atoms with Gasteiger partial charge >= 0.3 is 0 Å². The van der Waals surface area contributed by atoms with Gasteiger partial charge < -0.3 is 14.6 Å². The maximum Gasteiger partial charge on any atom is 0.231 e. The van der Waals surface area contributed by atoms with E-state index in [1.807, 2.05) is 0 Å². The number of aromatic nitrogens is 4. The van der Waals surface area contributed by atoms with Crippen molar-refractivity contribution in [1.82, 2.24) is 20.2 Å². The summed E-state index contributed by atoms with van der Waals surface area (Å²) in [4.78, 5) is 1.33. The fraction of sp³-hybridized carbons (Fsp3) is 0.222. The molecule has 1 aromatic carbocycles. The van der Waals surface area contributed by atoms with E-state index in [1.54, 1.807) is 18.2 Å². The van der Waals surface area contributed by atoms with E-state index in [1.165, 1.54) is 4.80 Å². The highest BCUT2D eigenvalue weighted by molar-refractivity contribution is 5.49. The SMILES string of the molecule is OCc1nnn(-c2ccc3c(c2)OCO3)n1. The highest BCUT2D eigenvalue weighted by Crippen LogP contribution is 2.33. The van der Waals surface area contributed by atoms with Crippen LogP contribution in [0.15, 0.2) is 18.2 Å². The Balaban J connectivity index is 2.00. The maximum atomic E-state index is 8.83. The van der Waals surface area contributed by atoms with Crippen molar-refractivity contribution in [3.05, 3.63) is 24.0 Å². The molecule has 0 radical (unpaired) electrons. The molecule has 2 heterocycles. The summed E-state index contributed by atoms with van der Waals surface area (Å²) in [7, 11) is 0. The Kier molecular flexibility index (Phi) is 1.97. The van der Waals surface area contributed by atoms with Gasteiger partial charge in [0.15, 0.2) is 11.5 Å². The first kappa shape index (κ1) is 9.10. The number of fused-ring (bicyclic) bond motifs is 1. The van der Waals surface area contributed by atoms with Crippen molar-refractivity contribution >= 4 is 0 Å². The molecule has 0 amide bonds. The molecule has 0 fully saturated rings. The largest absolute Gasteiger partial charge is 0.454 e. The Labute approximate surface area is 90.2 Å². The zero-order valence-corrected chi connectivity index (χ0v) is 8.20. The fourth-order valence-electron chi connectivity index (χ4n) is 1.43. The lowest BCUT2D eigenvalue weighted by molar-refractivity contribution is 0.174. The van der Waals surface area contributed by atoms with E-state index < -0.39 is 0 Å². The fourth-order valence-corrected chi connectivity index (χ4v) is 1.43. The van der Waals surface area contributed by atoms with E-state index in [-0.39, 0.29) is 19.2 Å². The molecular weight excluding hydrogens is 212 g/mol. The number of hydrogen-bond donors (Lipinski definition) is 1. The minimum absolute atomic E-state index is 0.228. The van der Waals surface area contributed by atoms with E-state index in [4.69, 9.17) is 14.6 Å². The molecule has 82 valence electrons. The number of hydrogen-bond acceptors (Lipinski definition) is 6. The summed E-state index contributed by atoms with van der Waals surface area (Å²) in [6.45, 7) is -0.00395. The topological polar surface area (TPSA) is 82.3 Å². The molecule has 3 rings (SSSR count). The van der Waals surface area contributed by atoms with Crippen molar-refractivity contribution in [3.63, 3.8) is 0 Å². The summed E-state index contributed by atoms with van der Waals surface area (Å²) >= 11 is 0. The average Bonchev–Trinajstić information content (AvgIpc) is 2.96. The van der Waals surface area contributed by atoms with Crippen LogP contribution in [0.4, 0.5) is 0 Å². The van der Waals surface area contributed by atoms with Crippen LogP contribution in [-0.4, -0.2) is 32.1 Å². The zero-order chi connectivity index (χ0) is 11.0. The van der Waals surface area contributed by atoms with Crippen LogP contribution in [0.3, 0.4) is 0 Å². The second-order valence-electron chi connectivity index (χ2n) is 3.19. The number of nitrogens with zero attached hydrogens (tertiary/aromatic N) is 4. The van der Waals surface area contributed by atoms with Crippen molar-refractivity contribution in [2.75, 3.05) is 6.79 Å². The van der Waals surface area contributed by atoms with Gasteiger partial charge in [-0.25, -0.2) is 0 Å². The van der Waals surface area contributed by atoms with Gasteiger partial charge in [-0.3, -0.25) is 0 Å². The third kappa shape index (κ3) is 1.38. The van der Waals surface area contributed by atoms with Gasteiger partial charge in [0, 0.05) is 6.07 Å². The minimum Gasteiger partial charge on any atom is -0.454 e. The van der Waals surface area contributed by atoms with Gasteiger partial charge in [-0.15, -0.1) is 15.0 Å².